The highest BCUT2D eigenvalue weighted by Gasteiger charge is 2.33. The van der Waals surface area contributed by atoms with Crippen molar-refractivity contribution >= 4 is 222 Å². The zero-order chi connectivity index (χ0) is 76.4. The van der Waals surface area contributed by atoms with Gasteiger partial charge in [0.15, 0.2) is 0 Å². The molecule has 0 saturated carbocycles. The van der Waals surface area contributed by atoms with Crippen molar-refractivity contribution in [3.8, 4) is 0 Å². The van der Waals surface area contributed by atoms with Crippen LogP contribution in [0.2, 0.25) is 26.0 Å². The number of carbonyl (C=O) groups is 3. The fourth-order valence-corrected chi connectivity index (χ4v) is 18.6. The number of cyclic esters (lactones) is 3. The molecule has 0 spiro atoms. The van der Waals surface area contributed by atoms with Gasteiger partial charge >= 0.3 is 17.9 Å². The van der Waals surface area contributed by atoms with Crippen molar-refractivity contribution in [2.75, 3.05) is 39.6 Å². The maximum Gasteiger partial charge on any atom is 0.341 e. The second kappa shape index (κ2) is 35.6. The predicted molar refractivity (Wildman–Crippen MR) is 448 cm³/mol. The third kappa shape index (κ3) is 18.3. The Bertz CT molecular complexity index is 5550. The number of aromatic nitrogens is 4. The molecule has 0 radical (unpaired) electrons. The lowest BCUT2D eigenvalue weighted by Gasteiger charge is -2.05. The van der Waals surface area contributed by atoms with E-state index in [-0.39, 0.29) is 24.5 Å². The summed E-state index contributed by atoms with van der Waals surface area (Å²) in [6.07, 6.45) is 10.4. The van der Waals surface area contributed by atoms with Gasteiger partial charge < -0.3 is 32.8 Å². The Labute approximate surface area is 681 Å². The minimum absolute atomic E-state index is 0.256. The number of allylic oxidation sites excluding steroid dienone is 3. The molecule has 0 amide bonds. The van der Waals surface area contributed by atoms with Gasteiger partial charge in [-0.05, 0) is 145 Å². The van der Waals surface area contributed by atoms with Crippen LogP contribution in [0.15, 0.2) is 242 Å². The van der Waals surface area contributed by atoms with Gasteiger partial charge in [-0.2, -0.15) is 5.10 Å². The van der Waals surface area contributed by atoms with E-state index in [1.807, 2.05) is 178 Å². The molecule has 2 aromatic carbocycles. The summed E-state index contributed by atoms with van der Waals surface area (Å²) in [4.78, 5) is 50.3. The van der Waals surface area contributed by atoms with Crippen LogP contribution >= 0.6 is 138 Å². The Balaban J connectivity index is 0.000000115. The summed E-state index contributed by atoms with van der Waals surface area (Å²) in [5.74, 6) is 2.02. The Kier molecular flexibility index (Phi) is 25.4. The highest BCUT2D eigenvalue weighted by Crippen LogP contribution is 2.46. The monoisotopic (exact) mass is 1670 g/mol. The van der Waals surface area contributed by atoms with E-state index >= 15 is 0 Å². The number of thiophene rings is 6. The number of pyridine rings is 2. The van der Waals surface area contributed by atoms with E-state index in [4.69, 9.17) is 102 Å². The number of halogens is 6. The van der Waals surface area contributed by atoms with Gasteiger partial charge in [-0.3, -0.25) is 14.6 Å². The quantitative estimate of drug-likeness (QED) is 0.0839. The molecule has 109 heavy (non-hydrogen) atoms. The average molecular weight is 1680 g/mol. The maximum absolute atomic E-state index is 12.0. The Morgan fingerprint density at radius 2 is 0.798 bits per heavy atom. The number of furan rings is 1. The zero-order valence-electron chi connectivity index (χ0n) is 58.0. The van der Waals surface area contributed by atoms with Crippen molar-refractivity contribution in [2.24, 2.45) is 7.05 Å². The maximum atomic E-state index is 12.0. The molecule has 0 bridgehead atoms. The summed E-state index contributed by atoms with van der Waals surface area (Å²) < 4.78 is 43.7. The van der Waals surface area contributed by atoms with E-state index < -0.39 is 0 Å². The molecule has 18 rings (SSSR count). The first-order valence-corrected chi connectivity index (χ1v) is 40.3. The van der Waals surface area contributed by atoms with Gasteiger partial charge in [0.2, 0.25) is 0 Å². The minimum atomic E-state index is -0.307. The number of hydrogen-bond donors (Lipinski definition) is 0. The van der Waals surface area contributed by atoms with Crippen LogP contribution in [0.4, 0.5) is 0 Å². The second-order valence-corrected chi connectivity index (χ2v) is 34.4. The fourth-order valence-electron chi connectivity index (χ4n) is 12.2. The summed E-state index contributed by atoms with van der Waals surface area (Å²) in [7, 11) is 1.80. The lowest BCUT2D eigenvalue weighted by atomic mass is 9.97. The lowest BCUT2D eigenvalue weighted by Crippen LogP contribution is -2.04. The number of esters is 3. The average Bonchev–Trinajstić information content (AvgIpc) is 1.69. The first-order valence-electron chi connectivity index (χ1n) is 33.1. The van der Waals surface area contributed by atoms with Crippen molar-refractivity contribution in [3.05, 3.63) is 338 Å². The molecule has 0 unspecified atom stereocenters. The van der Waals surface area contributed by atoms with Crippen molar-refractivity contribution in [2.45, 2.75) is 13.8 Å². The molecule has 0 saturated heterocycles. The third-order valence-corrected chi connectivity index (χ3v) is 24.9. The minimum Gasteiger partial charge on any atom is -0.489 e. The molecule has 14 nitrogen and oxygen atoms in total. The van der Waals surface area contributed by atoms with E-state index in [2.05, 4.69) is 34.8 Å². The van der Waals surface area contributed by atoms with E-state index in [1.54, 1.807) is 71.5 Å². The molecule has 0 atom stereocenters. The van der Waals surface area contributed by atoms with Gasteiger partial charge in [-0.25, -0.2) is 14.4 Å². The SMILES string of the molecule is C=C1OCC(c2ccc(Cl)s2)=C1c1cccnc1.C=C1OCC(c2ccc(Cl)s2)=C1c1ccco1.C=C1OCC(c2ccc(Cl)s2)=C1c1ccncc1.Cc1cccc(C2=C(c3ccc(Cl)s3)COC2=O)c1.Cc1ccccc1C1=C(c2ccc(Cl)s2)COC1=O.Cn1nccc1C1=C(c2ccc(Cl)s2)COC1=O. The predicted octanol–water partition coefficient (Wildman–Crippen LogP) is 23.9. The molecule has 10 aromatic heterocycles. The van der Waals surface area contributed by atoms with Crippen LogP contribution in [0.5, 0.6) is 0 Å². The van der Waals surface area contributed by atoms with Crippen LogP contribution < -0.4 is 0 Å². The van der Waals surface area contributed by atoms with Crippen LogP contribution in [0.1, 0.15) is 74.1 Å². The van der Waals surface area contributed by atoms with Crippen LogP contribution in [0.25, 0.3) is 66.9 Å². The standard InChI is InChI=1S/2C15H11ClO2S.2C14H10ClNOS.C13H9ClO2S.C12H9ClN2O2S/c1-9-3-2-4-10(7-9)14-11(8-18-15(14)17)12-5-6-13(16)19-12;1-9-4-2-3-5-10(9)14-11(8-18-15(14)17)12-6-7-13(16)19-12;1-9-14(10-4-6-16-7-5-10)11(8-17-9)12-2-3-13(15)18-12;1-9-14(10-3-2-6-16-7-10)11(8-17-9)12-4-5-13(15)18-12;1-8-13(10-3-2-6-15-10)9(7-16-8)11-4-5-12(14)17-11;1-15-8(4-5-14-15)11-7(6-17-12(11)16)9-2-3-10(13)18-9/h2*2-7H,8H2,1H3;2*2-7H,1,8H2;2-6H,1,7H2;2-5H,6H2,1H3. The Morgan fingerprint density at radius 3 is 1.23 bits per heavy atom. The Hall–Kier alpha value is -9.36. The molecule has 26 heteroatoms. The molecular formula is C83H60Cl6N4O10S6. The fraction of sp³-hybridized carbons (Fsp3) is 0.108. The lowest BCUT2D eigenvalue weighted by molar-refractivity contribution is -0.134. The highest BCUT2D eigenvalue weighted by molar-refractivity contribution is 7.19. The topological polar surface area (TPSA) is 163 Å². The smallest absolute Gasteiger partial charge is 0.341 e. The van der Waals surface area contributed by atoms with Crippen molar-refractivity contribution < 1.29 is 47.2 Å². The summed E-state index contributed by atoms with van der Waals surface area (Å²) in [6, 6.07) is 52.1. The molecule has 0 fully saturated rings. The summed E-state index contributed by atoms with van der Waals surface area (Å²) >= 11 is 44.8. The van der Waals surface area contributed by atoms with Gasteiger partial charge in [-0.15, -0.1) is 68.0 Å². The number of ether oxygens (including phenoxy) is 6. The normalized spacial score (nSPS) is 15.1. The molecule has 550 valence electrons. The van der Waals surface area contributed by atoms with Crippen LogP contribution in [-0.4, -0.2) is 77.3 Å². The molecule has 16 heterocycles. The second-order valence-electron chi connectivity index (χ2n) is 24.1. The number of carbonyl (C=O) groups excluding carboxylic acids is 3. The van der Waals surface area contributed by atoms with Crippen LogP contribution in [0, 0.1) is 13.8 Å². The van der Waals surface area contributed by atoms with Crippen LogP contribution in [-0.2, 0) is 49.9 Å². The molecule has 0 N–H and O–H groups in total. The number of rotatable bonds is 12. The number of benzene rings is 2. The van der Waals surface area contributed by atoms with Gasteiger partial charge in [-0.1, -0.05) is 150 Å². The molecule has 12 aromatic rings. The highest BCUT2D eigenvalue weighted by atomic mass is 35.5. The summed E-state index contributed by atoms with van der Waals surface area (Å²) in [5, 5.41) is 4.08. The van der Waals surface area contributed by atoms with E-state index in [9.17, 15) is 14.4 Å². The van der Waals surface area contributed by atoms with E-state index in [0.717, 1.165) is 137 Å². The molecule has 6 aliphatic heterocycles. The summed E-state index contributed by atoms with van der Waals surface area (Å²) in [6.45, 7) is 18.4. The van der Waals surface area contributed by atoms with Crippen molar-refractivity contribution in [1.82, 2.24) is 19.7 Å². The number of hydrogen-bond acceptors (Lipinski definition) is 19. The first kappa shape index (κ1) is 77.8. The van der Waals surface area contributed by atoms with E-state index in [1.165, 1.54) is 45.3 Å². The first-order chi connectivity index (χ1) is 52.7. The number of aryl methyl sites for hydroxylation is 3. The largest absolute Gasteiger partial charge is 0.489 e. The summed E-state index contributed by atoms with van der Waals surface area (Å²) in [5.41, 5.74) is 17.9. The van der Waals surface area contributed by atoms with E-state index in [0.29, 0.717) is 80.0 Å². The molecule has 0 aliphatic carbocycles. The van der Waals surface area contributed by atoms with Crippen LogP contribution in [0.3, 0.4) is 0 Å². The Morgan fingerprint density at radius 1 is 0.376 bits per heavy atom. The van der Waals surface area contributed by atoms with Gasteiger partial charge in [0.05, 0.1) is 60.3 Å². The van der Waals surface area contributed by atoms with Gasteiger partial charge in [0, 0.05) is 117 Å². The molecular weight excluding hydrogens is 1620 g/mol. The van der Waals surface area contributed by atoms with Crippen molar-refractivity contribution in [1.29, 1.82) is 0 Å². The zero-order valence-corrected chi connectivity index (χ0v) is 67.4. The number of nitrogens with zero attached hydrogens (tertiary/aromatic N) is 4. The molecule has 6 aliphatic rings. The van der Waals surface area contributed by atoms with Gasteiger partial charge in [0.1, 0.15) is 62.7 Å². The third-order valence-electron chi connectivity index (χ3n) is 17.2. The van der Waals surface area contributed by atoms with Crippen molar-refractivity contribution in [3.63, 3.8) is 0 Å². The van der Waals surface area contributed by atoms with Gasteiger partial charge in [0.25, 0.3) is 0 Å².